The molecule has 0 heterocycles. The molecule has 0 N–H and O–H groups in total. The standard InChI is InChI=1S/C29H48/c1-3-5-7-9-11-25-14-18-27(19-15-25)29-22-20-28(21-23-29)26-16-12-24(13-17-26)10-8-6-4-2/h12-13,16-17,25,27-29H,3-11,14-15,18-23H2,1-2H3/t25-,27-,28-,29-. The molecule has 0 heteroatoms. The highest BCUT2D eigenvalue weighted by Gasteiger charge is 2.31. The first-order chi connectivity index (χ1) is 14.3. The molecule has 164 valence electrons. The van der Waals surface area contributed by atoms with Crippen molar-refractivity contribution in [1.29, 1.82) is 0 Å². The lowest BCUT2D eigenvalue weighted by Gasteiger charge is -2.38. The van der Waals surface area contributed by atoms with Gasteiger partial charge in [0, 0.05) is 0 Å². The second-order valence-corrected chi connectivity index (χ2v) is 10.4. The van der Waals surface area contributed by atoms with Gasteiger partial charge in [0.1, 0.15) is 0 Å². The minimum atomic E-state index is 0.839. The fraction of sp³-hybridized carbons (Fsp3) is 0.793. The maximum atomic E-state index is 2.45. The number of rotatable bonds is 11. The van der Waals surface area contributed by atoms with Crippen molar-refractivity contribution in [2.75, 3.05) is 0 Å². The molecule has 0 amide bonds. The van der Waals surface area contributed by atoms with Crippen LogP contribution in [0.3, 0.4) is 0 Å². The molecule has 0 saturated heterocycles. The number of aryl methyl sites for hydroxylation is 1. The highest BCUT2D eigenvalue weighted by Crippen LogP contribution is 2.44. The average Bonchev–Trinajstić information content (AvgIpc) is 2.78. The highest BCUT2D eigenvalue weighted by atomic mass is 14.4. The molecular formula is C29H48. The van der Waals surface area contributed by atoms with Crippen molar-refractivity contribution in [3.05, 3.63) is 35.4 Å². The van der Waals surface area contributed by atoms with E-state index in [2.05, 4.69) is 38.1 Å². The third-order valence-corrected chi connectivity index (χ3v) is 8.32. The lowest BCUT2D eigenvalue weighted by Crippen LogP contribution is -2.25. The summed E-state index contributed by atoms with van der Waals surface area (Å²) in [5.74, 6) is 4.01. The minimum Gasteiger partial charge on any atom is -0.0654 e. The van der Waals surface area contributed by atoms with Gasteiger partial charge in [-0.1, -0.05) is 95.9 Å². The molecule has 2 fully saturated rings. The Hall–Kier alpha value is -0.780. The van der Waals surface area contributed by atoms with Crippen molar-refractivity contribution in [2.45, 2.75) is 129 Å². The van der Waals surface area contributed by atoms with Gasteiger partial charge in [-0.15, -0.1) is 0 Å². The minimum absolute atomic E-state index is 0.839. The van der Waals surface area contributed by atoms with Gasteiger partial charge in [0.25, 0.3) is 0 Å². The number of unbranched alkanes of at least 4 members (excludes halogenated alkanes) is 5. The molecule has 0 bridgehead atoms. The van der Waals surface area contributed by atoms with Crippen molar-refractivity contribution in [3.8, 4) is 0 Å². The Morgan fingerprint density at radius 1 is 0.621 bits per heavy atom. The zero-order valence-electron chi connectivity index (χ0n) is 19.6. The Morgan fingerprint density at radius 2 is 1.21 bits per heavy atom. The molecule has 1 aromatic carbocycles. The molecule has 0 unspecified atom stereocenters. The Bertz CT molecular complexity index is 526. The van der Waals surface area contributed by atoms with Crippen LogP contribution in [0, 0.1) is 17.8 Å². The largest absolute Gasteiger partial charge is 0.0654 e. The predicted octanol–water partition coefficient (Wildman–Crippen LogP) is 9.47. The Kier molecular flexibility index (Phi) is 10.1. The van der Waals surface area contributed by atoms with Crippen molar-refractivity contribution < 1.29 is 0 Å². The Balaban J connectivity index is 1.35. The van der Waals surface area contributed by atoms with Gasteiger partial charge in [-0.2, -0.15) is 0 Å². The monoisotopic (exact) mass is 396 g/mol. The van der Waals surface area contributed by atoms with Crippen LogP contribution in [0.1, 0.15) is 134 Å². The van der Waals surface area contributed by atoms with Gasteiger partial charge < -0.3 is 0 Å². The molecule has 1 aromatic rings. The summed E-state index contributed by atoms with van der Waals surface area (Å²) >= 11 is 0. The third kappa shape index (κ3) is 7.45. The first-order valence-corrected chi connectivity index (χ1v) is 13.4. The van der Waals surface area contributed by atoms with Crippen molar-refractivity contribution >= 4 is 0 Å². The van der Waals surface area contributed by atoms with Crippen LogP contribution in [0.2, 0.25) is 0 Å². The van der Waals surface area contributed by atoms with Gasteiger partial charge in [0.05, 0.1) is 0 Å². The molecule has 0 spiro atoms. The van der Waals surface area contributed by atoms with Gasteiger partial charge >= 0.3 is 0 Å². The van der Waals surface area contributed by atoms with Crippen LogP contribution in [0.15, 0.2) is 24.3 Å². The maximum absolute atomic E-state index is 2.45. The lowest BCUT2D eigenvalue weighted by molar-refractivity contribution is 0.155. The first kappa shape index (κ1) is 22.9. The lowest BCUT2D eigenvalue weighted by atomic mass is 9.68. The van der Waals surface area contributed by atoms with E-state index in [4.69, 9.17) is 0 Å². The van der Waals surface area contributed by atoms with Crippen LogP contribution in [0.4, 0.5) is 0 Å². The molecule has 3 rings (SSSR count). The van der Waals surface area contributed by atoms with Crippen molar-refractivity contribution in [1.82, 2.24) is 0 Å². The van der Waals surface area contributed by atoms with E-state index in [1.807, 2.05) is 0 Å². The van der Waals surface area contributed by atoms with Gasteiger partial charge in [-0.05, 0) is 86.2 Å². The van der Waals surface area contributed by atoms with Crippen molar-refractivity contribution in [3.63, 3.8) is 0 Å². The number of benzene rings is 1. The maximum Gasteiger partial charge on any atom is -0.0162 e. The summed E-state index contributed by atoms with van der Waals surface area (Å²) in [5, 5.41) is 0. The zero-order chi connectivity index (χ0) is 20.3. The topological polar surface area (TPSA) is 0 Å². The fourth-order valence-electron chi connectivity index (χ4n) is 6.27. The van der Waals surface area contributed by atoms with E-state index in [0.717, 1.165) is 23.7 Å². The summed E-state index contributed by atoms with van der Waals surface area (Å²) in [7, 11) is 0. The van der Waals surface area contributed by atoms with Crippen LogP contribution in [0.25, 0.3) is 0 Å². The van der Waals surface area contributed by atoms with Crippen LogP contribution < -0.4 is 0 Å². The molecule has 2 aliphatic carbocycles. The van der Waals surface area contributed by atoms with Crippen LogP contribution in [-0.4, -0.2) is 0 Å². The summed E-state index contributed by atoms with van der Waals surface area (Å²) in [4.78, 5) is 0. The first-order valence-electron chi connectivity index (χ1n) is 13.4. The average molecular weight is 397 g/mol. The molecule has 2 aliphatic rings. The molecule has 0 aromatic heterocycles. The van der Waals surface area contributed by atoms with Gasteiger partial charge in [0.15, 0.2) is 0 Å². The van der Waals surface area contributed by atoms with E-state index in [0.29, 0.717) is 0 Å². The quantitative estimate of drug-likeness (QED) is 0.327. The van der Waals surface area contributed by atoms with E-state index in [-0.39, 0.29) is 0 Å². The summed E-state index contributed by atoms with van der Waals surface area (Å²) in [6.07, 6.45) is 24.6. The third-order valence-electron chi connectivity index (χ3n) is 8.32. The predicted molar refractivity (Wildman–Crippen MR) is 129 cm³/mol. The molecule has 0 aliphatic heterocycles. The SMILES string of the molecule is CCCCCC[C@H]1CC[C@H]([C@H]2CC[C@H](c3ccc(CCCCC)cc3)CC2)CC1. The summed E-state index contributed by atoms with van der Waals surface area (Å²) in [5.41, 5.74) is 3.17. The Labute approximate surface area is 182 Å². The van der Waals surface area contributed by atoms with Gasteiger partial charge in [-0.25, -0.2) is 0 Å². The summed E-state index contributed by atoms with van der Waals surface area (Å²) in [6.45, 7) is 4.61. The normalized spacial score (nSPS) is 27.8. The van der Waals surface area contributed by atoms with Crippen molar-refractivity contribution in [2.24, 2.45) is 17.8 Å². The second kappa shape index (κ2) is 12.8. The van der Waals surface area contributed by atoms with Crippen LogP contribution in [-0.2, 0) is 6.42 Å². The fourth-order valence-corrected chi connectivity index (χ4v) is 6.27. The molecule has 0 nitrogen and oxygen atoms in total. The highest BCUT2D eigenvalue weighted by molar-refractivity contribution is 5.26. The smallest absolute Gasteiger partial charge is 0.0162 e. The molecule has 29 heavy (non-hydrogen) atoms. The number of hydrogen-bond acceptors (Lipinski definition) is 0. The molecule has 0 atom stereocenters. The van der Waals surface area contributed by atoms with Crippen LogP contribution in [0.5, 0.6) is 0 Å². The second-order valence-electron chi connectivity index (χ2n) is 10.4. The van der Waals surface area contributed by atoms with Gasteiger partial charge in [-0.3, -0.25) is 0 Å². The number of hydrogen-bond donors (Lipinski definition) is 0. The van der Waals surface area contributed by atoms with E-state index in [1.165, 1.54) is 96.3 Å². The molecule has 2 saturated carbocycles. The van der Waals surface area contributed by atoms with E-state index >= 15 is 0 Å². The molecular weight excluding hydrogens is 348 g/mol. The Morgan fingerprint density at radius 3 is 1.83 bits per heavy atom. The summed E-state index contributed by atoms with van der Waals surface area (Å²) in [6, 6.07) is 9.74. The summed E-state index contributed by atoms with van der Waals surface area (Å²) < 4.78 is 0. The zero-order valence-corrected chi connectivity index (χ0v) is 19.6. The van der Waals surface area contributed by atoms with Gasteiger partial charge in [0.2, 0.25) is 0 Å². The van der Waals surface area contributed by atoms with E-state index in [1.54, 1.807) is 24.0 Å². The van der Waals surface area contributed by atoms with Crippen LogP contribution >= 0.6 is 0 Å². The van der Waals surface area contributed by atoms with E-state index in [9.17, 15) is 0 Å². The van der Waals surface area contributed by atoms with E-state index < -0.39 is 0 Å². The molecule has 0 radical (unpaired) electrons.